The van der Waals surface area contributed by atoms with Crippen LogP contribution in [0.1, 0.15) is 0 Å². The Morgan fingerprint density at radius 3 is 2.65 bits per heavy atom. The number of piperazine rings is 1. The number of anilines is 1. The summed E-state index contributed by atoms with van der Waals surface area (Å²) in [7, 11) is 0. The van der Waals surface area contributed by atoms with Crippen LogP contribution < -0.4 is 10.2 Å². The second-order valence-electron chi connectivity index (χ2n) is 4.70. The fourth-order valence-corrected chi connectivity index (χ4v) is 2.26. The van der Waals surface area contributed by atoms with Gasteiger partial charge in [0.05, 0.1) is 18.8 Å². The Labute approximate surface area is 118 Å². The van der Waals surface area contributed by atoms with Crippen molar-refractivity contribution >= 4 is 11.6 Å². The zero-order valence-corrected chi connectivity index (χ0v) is 11.3. The zero-order chi connectivity index (χ0) is 14.4. The van der Waals surface area contributed by atoms with Crippen LogP contribution >= 0.6 is 0 Å². The molecule has 0 saturated carbocycles. The molecule has 0 aromatic heterocycles. The van der Waals surface area contributed by atoms with Crippen LogP contribution in [-0.2, 0) is 4.79 Å². The molecule has 1 fully saturated rings. The topological polar surface area (TPSA) is 35.6 Å². The molecule has 106 valence electrons. The number of carbonyl (C=O) groups excluding carboxylic acids is 1. The van der Waals surface area contributed by atoms with Gasteiger partial charge in [0.2, 0.25) is 5.91 Å². The van der Waals surface area contributed by atoms with Gasteiger partial charge in [0.1, 0.15) is 5.82 Å². The van der Waals surface area contributed by atoms with E-state index in [4.69, 9.17) is 6.42 Å². The molecule has 1 heterocycles. The van der Waals surface area contributed by atoms with Gasteiger partial charge in [-0.05, 0) is 12.1 Å². The Kier molecular flexibility index (Phi) is 4.97. The highest BCUT2D eigenvalue weighted by Gasteiger charge is 2.20. The third kappa shape index (κ3) is 3.72. The Hall–Kier alpha value is -2.06. The highest BCUT2D eigenvalue weighted by atomic mass is 19.1. The average Bonchev–Trinajstić information content (AvgIpc) is 2.47. The number of terminal acetylenes is 1. The first kappa shape index (κ1) is 14.4. The molecule has 1 aromatic carbocycles. The predicted molar refractivity (Wildman–Crippen MR) is 76.9 cm³/mol. The zero-order valence-electron chi connectivity index (χ0n) is 11.3. The maximum Gasteiger partial charge on any atom is 0.234 e. The molecule has 0 unspecified atom stereocenters. The van der Waals surface area contributed by atoms with Crippen molar-refractivity contribution in [3.05, 3.63) is 30.1 Å². The smallest absolute Gasteiger partial charge is 0.234 e. The number of hydrogen-bond acceptors (Lipinski definition) is 3. The van der Waals surface area contributed by atoms with Gasteiger partial charge in [0, 0.05) is 26.2 Å². The number of para-hydroxylation sites is 1. The molecular weight excluding hydrogens is 257 g/mol. The summed E-state index contributed by atoms with van der Waals surface area (Å²) < 4.78 is 13.7. The highest BCUT2D eigenvalue weighted by molar-refractivity contribution is 5.78. The first-order valence-corrected chi connectivity index (χ1v) is 6.62. The molecule has 0 atom stereocenters. The van der Waals surface area contributed by atoms with Crippen LogP contribution in [-0.4, -0.2) is 50.1 Å². The van der Waals surface area contributed by atoms with E-state index in [1.165, 1.54) is 6.07 Å². The largest absolute Gasteiger partial charge is 0.367 e. The van der Waals surface area contributed by atoms with Crippen molar-refractivity contribution in [2.24, 2.45) is 0 Å². The molecule has 0 bridgehead atoms. The summed E-state index contributed by atoms with van der Waals surface area (Å²) >= 11 is 0. The number of hydrogen-bond donors (Lipinski definition) is 1. The van der Waals surface area contributed by atoms with Crippen LogP contribution in [0.15, 0.2) is 24.3 Å². The van der Waals surface area contributed by atoms with E-state index >= 15 is 0 Å². The second-order valence-corrected chi connectivity index (χ2v) is 4.70. The highest BCUT2D eigenvalue weighted by Crippen LogP contribution is 2.19. The van der Waals surface area contributed by atoms with Crippen molar-refractivity contribution in [3.63, 3.8) is 0 Å². The van der Waals surface area contributed by atoms with E-state index in [9.17, 15) is 9.18 Å². The molecule has 0 radical (unpaired) electrons. The summed E-state index contributed by atoms with van der Waals surface area (Å²) in [6.45, 7) is 3.49. The molecule has 1 saturated heterocycles. The molecule has 0 spiro atoms. The van der Waals surface area contributed by atoms with Gasteiger partial charge in [-0.3, -0.25) is 9.69 Å². The SMILES string of the molecule is C#CCNC(=O)CN1CCN(c2ccccc2F)CC1. The van der Waals surface area contributed by atoms with Crippen molar-refractivity contribution < 1.29 is 9.18 Å². The second kappa shape index (κ2) is 6.92. The Morgan fingerprint density at radius 2 is 2.00 bits per heavy atom. The Bertz CT molecular complexity index is 504. The van der Waals surface area contributed by atoms with Gasteiger partial charge in [-0.1, -0.05) is 18.1 Å². The van der Waals surface area contributed by atoms with E-state index in [-0.39, 0.29) is 18.3 Å². The molecule has 1 N–H and O–H groups in total. The normalized spacial score (nSPS) is 15.7. The molecule has 1 amide bonds. The Balaban J connectivity index is 1.82. The number of benzene rings is 1. The van der Waals surface area contributed by atoms with Gasteiger partial charge in [-0.15, -0.1) is 6.42 Å². The fourth-order valence-electron chi connectivity index (χ4n) is 2.26. The first-order valence-electron chi connectivity index (χ1n) is 6.62. The van der Waals surface area contributed by atoms with E-state index in [0.717, 1.165) is 13.1 Å². The van der Waals surface area contributed by atoms with Crippen LogP contribution in [0.25, 0.3) is 0 Å². The fraction of sp³-hybridized carbons (Fsp3) is 0.400. The molecule has 4 nitrogen and oxygen atoms in total. The van der Waals surface area contributed by atoms with Gasteiger partial charge in [0.15, 0.2) is 0 Å². The van der Waals surface area contributed by atoms with E-state index in [1.54, 1.807) is 12.1 Å². The third-order valence-corrected chi connectivity index (χ3v) is 3.32. The summed E-state index contributed by atoms with van der Waals surface area (Å²) in [6.07, 6.45) is 5.09. The summed E-state index contributed by atoms with van der Waals surface area (Å²) in [5.74, 6) is 2.10. The predicted octanol–water partition coefficient (Wildman–Crippen LogP) is 0.697. The van der Waals surface area contributed by atoms with Crippen LogP contribution in [0.5, 0.6) is 0 Å². The van der Waals surface area contributed by atoms with E-state index in [1.807, 2.05) is 15.9 Å². The number of amides is 1. The lowest BCUT2D eigenvalue weighted by Gasteiger charge is -2.35. The number of halogens is 1. The van der Waals surface area contributed by atoms with E-state index in [0.29, 0.717) is 25.3 Å². The van der Waals surface area contributed by atoms with Crippen LogP contribution in [0.2, 0.25) is 0 Å². The molecule has 2 rings (SSSR count). The van der Waals surface area contributed by atoms with E-state index < -0.39 is 0 Å². The molecule has 20 heavy (non-hydrogen) atoms. The minimum absolute atomic E-state index is 0.0673. The summed E-state index contributed by atoms with van der Waals surface area (Å²) in [5, 5.41) is 2.64. The van der Waals surface area contributed by atoms with Crippen molar-refractivity contribution in [2.75, 3.05) is 44.2 Å². The van der Waals surface area contributed by atoms with E-state index in [2.05, 4.69) is 11.2 Å². The van der Waals surface area contributed by atoms with Crippen LogP contribution in [0.4, 0.5) is 10.1 Å². The number of carbonyl (C=O) groups is 1. The summed E-state index contributed by atoms with van der Waals surface area (Å²) in [5.41, 5.74) is 0.629. The van der Waals surface area contributed by atoms with Crippen molar-refractivity contribution in [1.29, 1.82) is 0 Å². The number of rotatable bonds is 4. The van der Waals surface area contributed by atoms with Crippen molar-refractivity contribution in [2.45, 2.75) is 0 Å². The molecule has 1 aromatic rings. The molecule has 0 aliphatic carbocycles. The monoisotopic (exact) mass is 275 g/mol. The van der Waals surface area contributed by atoms with Crippen molar-refractivity contribution in [3.8, 4) is 12.3 Å². The summed E-state index contributed by atoms with van der Waals surface area (Å²) in [4.78, 5) is 15.6. The van der Waals surface area contributed by atoms with Gasteiger partial charge >= 0.3 is 0 Å². The number of nitrogens with zero attached hydrogens (tertiary/aromatic N) is 2. The van der Waals surface area contributed by atoms with Crippen molar-refractivity contribution in [1.82, 2.24) is 10.2 Å². The number of nitrogens with one attached hydrogen (secondary N) is 1. The lowest BCUT2D eigenvalue weighted by molar-refractivity contribution is -0.122. The van der Waals surface area contributed by atoms with Gasteiger partial charge in [0.25, 0.3) is 0 Å². The molecule has 1 aliphatic rings. The van der Waals surface area contributed by atoms with Gasteiger partial charge in [-0.2, -0.15) is 0 Å². The van der Waals surface area contributed by atoms with Crippen LogP contribution in [0, 0.1) is 18.2 Å². The van der Waals surface area contributed by atoms with Gasteiger partial charge in [-0.25, -0.2) is 4.39 Å². The van der Waals surface area contributed by atoms with Crippen LogP contribution in [0.3, 0.4) is 0 Å². The maximum atomic E-state index is 13.7. The average molecular weight is 275 g/mol. The maximum absolute atomic E-state index is 13.7. The molecule has 5 heteroatoms. The third-order valence-electron chi connectivity index (χ3n) is 3.32. The molecular formula is C15H18FN3O. The van der Waals surface area contributed by atoms with Gasteiger partial charge < -0.3 is 10.2 Å². The first-order chi connectivity index (χ1) is 9.70. The minimum Gasteiger partial charge on any atom is -0.367 e. The Morgan fingerprint density at radius 1 is 1.30 bits per heavy atom. The minimum atomic E-state index is -0.201. The summed E-state index contributed by atoms with van der Waals surface area (Å²) in [6, 6.07) is 6.77. The quantitative estimate of drug-likeness (QED) is 0.822. The molecule has 1 aliphatic heterocycles. The lowest BCUT2D eigenvalue weighted by Crippen LogP contribution is -2.49. The standard InChI is InChI=1S/C15H18FN3O/c1-2-7-17-15(20)12-18-8-10-19(11-9-18)14-6-4-3-5-13(14)16/h1,3-6H,7-12H2,(H,17,20). The lowest BCUT2D eigenvalue weighted by atomic mass is 10.2.